The van der Waals surface area contributed by atoms with Crippen molar-refractivity contribution in [3.05, 3.63) is 0 Å². The van der Waals surface area contributed by atoms with Crippen LogP contribution in [-0.2, 0) is 9.47 Å². The van der Waals surface area contributed by atoms with Crippen molar-refractivity contribution in [2.45, 2.75) is 51.5 Å². The van der Waals surface area contributed by atoms with Gasteiger partial charge in [-0.05, 0) is 13.3 Å². The topological polar surface area (TPSA) is 106 Å². The summed E-state index contributed by atoms with van der Waals surface area (Å²) in [5, 5.41) is 19.6. The fourth-order valence-corrected chi connectivity index (χ4v) is 4.17. The molecular formula is C15H21N4O2+. The van der Waals surface area contributed by atoms with Crippen LogP contribution in [0.4, 0.5) is 0 Å². The predicted molar refractivity (Wildman–Crippen MR) is 73.1 cm³/mol. The molecule has 6 nitrogen and oxygen atoms in total. The molecule has 5 atom stereocenters. The molecule has 3 rings (SSSR count). The molecule has 2 aliphatic heterocycles. The first-order chi connectivity index (χ1) is 10.0. The van der Waals surface area contributed by atoms with Gasteiger partial charge in [0.05, 0.1) is 24.8 Å². The lowest BCUT2D eigenvalue weighted by molar-refractivity contribution is -0.678. The lowest BCUT2D eigenvalue weighted by Gasteiger charge is -2.23. The van der Waals surface area contributed by atoms with E-state index in [1.165, 1.54) is 0 Å². The third-order valence-electron chi connectivity index (χ3n) is 5.16. The van der Waals surface area contributed by atoms with Crippen LogP contribution < -0.4 is 10.7 Å². The second kappa shape index (κ2) is 4.43. The molecule has 0 unspecified atom stereocenters. The standard InChI is InChI=1S/C15H20N4O2/c1-3-4-5-6-11-13(8-16)12(18)19-15(14(11,13)9-17)20-7-10(2)21-15/h10-11H,3-7H2,1-2H3,(H2,18,19)/p+1/t10-,11+,13+,14+,15+/m0/s1. The van der Waals surface area contributed by atoms with Gasteiger partial charge in [-0.25, -0.2) is 4.99 Å². The molecule has 112 valence electrons. The number of nitrogens with two attached hydrogens (primary N) is 1. The highest BCUT2D eigenvalue weighted by Crippen LogP contribution is 2.76. The van der Waals surface area contributed by atoms with Crippen molar-refractivity contribution in [3.63, 3.8) is 0 Å². The van der Waals surface area contributed by atoms with Crippen LogP contribution in [0.3, 0.4) is 0 Å². The lowest BCUT2D eigenvalue weighted by Crippen LogP contribution is -2.90. The first-order valence-corrected chi connectivity index (χ1v) is 7.60. The summed E-state index contributed by atoms with van der Waals surface area (Å²) in [6.45, 7) is 4.41. The molecule has 0 amide bonds. The molecule has 3 aliphatic rings. The minimum atomic E-state index is -1.25. The minimum Gasteiger partial charge on any atom is -0.311 e. The zero-order valence-corrected chi connectivity index (χ0v) is 12.5. The number of hydrogen-bond acceptors (Lipinski definition) is 5. The monoisotopic (exact) mass is 289 g/mol. The van der Waals surface area contributed by atoms with Crippen LogP contribution >= 0.6 is 0 Å². The molecule has 0 radical (unpaired) electrons. The Morgan fingerprint density at radius 1 is 1.38 bits per heavy atom. The molecule has 6 heteroatoms. The van der Waals surface area contributed by atoms with E-state index < -0.39 is 16.7 Å². The van der Waals surface area contributed by atoms with Gasteiger partial charge in [0, 0.05) is 5.92 Å². The Morgan fingerprint density at radius 2 is 2.14 bits per heavy atom. The summed E-state index contributed by atoms with van der Waals surface area (Å²) in [7, 11) is 0. The average molecular weight is 289 g/mol. The molecule has 1 saturated heterocycles. The summed E-state index contributed by atoms with van der Waals surface area (Å²) in [5.41, 5.74) is 4.08. The van der Waals surface area contributed by atoms with E-state index in [-0.39, 0.29) is 12.0 Å². The van der Waals surface area contributed by atoms with Crippen LogP contribution in [0.5, 0.6) is 0 Å². The van der Waals surface area contributed by atoms with E-state index in [1.807, 2.05) is 6.92 Å². The third kappa shape index (κ3) is 1.40. The van der Waals surface area contributed by atoms with Gasteiger partial charge in [-0.15, -0.1) is 0 Å². The summed E-state index contributed by atoms with van der Waals surface area (Å²) < 4.78 is 11.7. The highest BCUT2D eigenvalue weighted by atomic mass is 16.8. The summed E-state index contributed by atoms with van der Waals surface area (Å²) in [6, 6.07) is 4.62. The number of unbranched alkanes of at least 4 members (excludes halogenated alkanes) is 2. The summed E-state index contributed by atoms with van der Waals surface area (Å²) in [6.07, 6.45) is 3.82. The van der Waals surface area contributed by atoms with Crippen molar-refractivity contribution in [2.75, 3.05) is 6.61 Å². The number of hydrogen-bond donors (Lipinski definition) is 2. The molecule has 2 fully saturated rings. The number of ether oxygens (including phenoxy) is 2. The number of amidine groups is 1. The van der Waals surface area contributed by atoms with Gasteiger partial charge in [-0.3, -0.25) is 5.73 Å². The number of fused-ring (bicyclic) bond motifs is 2. The molecule has 0 aromatic carbocycles. The predicted octanol–water partition coefficient (Wildman–Crippen LogP) is -0.243. The Morgan fingerprint density at radius 3 is 2.67 bits per heavy atom. The fraction of sp³-hybridized carbons (Fsp3) is 0.800. The Hall–Kier alpha value is -1.63. The van der Waals surface area contributed by atoms with Crippen molar-refractivity contribution in [3.8, 4) is 12.1 Å². The molecular weight excluding hydrogens is 268 g/mol. The van der Waals surface area contributed by atoms with Crippen molar-refractivity contribution < 1.29 is 14.5 Å². The highest BCUT2D eigenvalue weighted by molar-refractivity contribution is 5.93. The Balaban J connectivity index is 1.98. The SMILES string of the molecule is CCCCC[C@H]1[C@@]2(C#N)[C@@]3([NH+]=C(N)[C@@]12C#N)OC[C@H](C)O3. The minimum absolute atomic E-state index is 0.123. The van der Waals surface area contributed by atoms with E-state index in [1.54, 1.807) is 0 Å². The van der Waals surface area contributed by atoms with Gasteiger partial charge < -0.3 is 9.47 Å². The number of rotatable bonds is 4. The number of nitriles is 2. The molecule has 1 spiro atoms. The number of nitrogens with one attached hydrogen (secondary N) is 1. The average Bonchev–Trinajstić information content (AvgIpc) is 2.79. The van der Waals surface area contributed by atoms with E-state index in [0.717, 1.165) is 25.7 Å². The number of nitrogens with zero attached hydrogens (tertiary/aromatic N) is 2. The van der Waals surface area contributed by atoms with Crippen LogP contribution in [0.2, 0.25) is 0 Å². The van der Waals surface area contributed by atoms with Crippen LogP contribution in [0.25, 0.3) is 0 Å². The summed E-state index contributed by atoms with van der Waals surface area (Å²) in [4.78, 5) is 2.97. The maximum absolute atomic E-state index is 9.85. The zero-order valence-electron chi connectivity index (χ0n) is 12.5. The van der Waals surface area contributed by atoms with Gasteiger partial charge in [0.25, 0.3) is 5.84 Å². The molecule has 1 aliphatic carbocycles. The van der Waals surface area contributed by atoms with Gasteiger partial charge >= 0.3 is 5.91 Å². The molecule has 1 saturated carbocycles. The van der Waals surface area contributed by atoms with Gasteiger partial charge in [-0.1, -0.05) is 26.2 Å². The van der Waals surface area contributed by atoms with Gasteiger partial charge in [0.15, 0.2) is 10.8 Å². The molecule has 0 aromatic rings. The summed E-state index contributed by atoms with van der Waals surface area (Å²) >= 11 is 0. The van der Waals surface area contributed by atoms with E-state index in [9.17, 15) is 10.5 Å². The second-order valence-electron chi connectivity index (χ2n) is 6.28. The summed E-state index contributed by atoms with van der Waals surface area (Å²) in [5.74, 6) is -1.06. The maximum atomic E-state index is 9.85. The van der Waals surface area contributed by atoms with Crippen LogP contribution in [-0.4, -0.2) is 24.5 Å². The third-order valence-corrected chi connectivity index (χ3v) is 5.16. The van der Waals surface area contributed by atoms with E-state index >= 15 is 0 Å². The van der Waals surface area contributed by atoms with Crippen molar-refractivity contribution >= 4 is 5.84 Å². The van der Waals surface area contributed by atoms with Gasteiger partial charge in [0.2, 0.25) is 0 Å². The van der Waals surface area contributed by atoms with E-state index in [4.69, 9.17) is 15.2 Å². The maximum Gasteiger partial charge on any atom is 0.343 e. The molecule has 0 aromatic heterocycles. The van der Waals surface area contributed by atoms with Crippen molar-refractivity contribution in [1.29, 1.82) is 10.5 Å². The first-order valence-electron chi connectivity index (χ1n) is 7.60. The van der Waals surface area contributed by atoms with E-state index in [0.29, 0.717) is 12.4 Å². The normalized spacial score (nSPS) is 46.8. The van der Waals surface area contributed by atoms with Crippen LogP contribution in [0.1, 0.15) is 39.5 Å². The van der Waals surface area contributed by atoms with Crippen LogP contribution in [0.15, 0.2) is 0 Å². The molecule has 2 heterocycles. The van der Waals surface area contributed by atoms with Crippen LogP contribution in [0, 0.1) is 39.4 Å². The first kappa shape index (κ1) is 14.3. The molecule has 3 N–H and O–H groups in total. The van der Waals surface area contributed by atoms with Gasteiger partial charge in [0.1, 0.15) is 0 Å². The Kier molecular flexibility index (Phi) is 3.02. The second-order valence-corrected chi connectivity index (χ2v) is 6.28. The Labute approximate surface area is 124 Å². The quantitative estimate of drug-likeness (QED) is 0.695. The van der Waals surface area contributed by atoms with Crippen molar-refractivity contribution in [2.24, 2.45) is 22.5 Å². The lowest BCUT2D eigenvalue weighted by atomic mass is 9.94. The van der Waals surface area contributed by atoms with Crippen molar-refractivity contribution in [1.82, 2.24) is 0 Å². The Bertz CT molecular complexity index is 577. The molecule has 21 heavy (non-hydrogen) atoms. The zero-order chi connectivity index (χ0) is 15.3. The highest BCUT2D eigenvalue weighted by Gasteiger charge is 2.96. The fourth-order valence-electron chi connectivity index (χ4n) is 4.17. The largest absolute Gasteiger partial charge is 0.343 e. The van der Waals surface area contributed by atoms with E-state index in [2.05, 4.69) is 24.1 Å². The van der Waals surface area contributed by atoms with Gasteiger partial charge in [-0.2, -0.15) is 10.5 Å². The molecule has 0 bridgehead atoms. The smallest absolute Gasteiger partial charge is 0.311 e.